The zero-order chi connectivity index (χ0) is 21.7. The second kappa shape index (κ2) is 7.06. The summed E-state index contributed by atoms with van der Waals surface area (Å²) in [5, 5.41) is 9.80. The number of rotatable bonds is 3. The number of H-pyrrole nitrogens is 1. The smallest absolute Gasteiger partial charge is 0.336 e. The monoisotopic (exact) mass is 433 g/mol. The molecule has 0 saturated heterocycles. The number of pyridine rings is 1. The van der Waals surface area contributed by atoms with E-state index in [-0.39, 0.29) is 28.2 Å². The summed E-state index contributed by atoms with van der Waals surface area (Å²) in [6, 6.07) is 14.1. The molecule has 2 N–H and O–H groups in total. The predicted molar refractivity (Wildman–Crippen MR) is 116 cm³/mol. The number of aromatic amines is 1. The summed E-state index contributed by atoms with van der Waals surface area (Å²) in [7, 11) is 0. The Kier molecular flexibility index (Phi) is 4.33. The van der Waals surface area contributed by atoms with Crippen LogP contribution in [0.2, 0.25) is 0 Å². The van der Waals surface area contributed by atoms with E-state index >= 15 is 0 Å². The molecular formula is C22H15N3O5S. The Morgan fingerprint density at radius 2 is 1.97 bits per heavy atom. The number of hydrogen-bond donors (Lipinski definition) is 2. The molecule has 0 amide bonds. The SMILES string of the molecule is Cc1cccc(-n2c(=S)[nH]c(=O)c3c(C(=O)O)cc(-c4ccc5c(c4)OCO5)nc32)c1. The van der Waals surface area contributed by atoms with Crippen molar-refractivity contribution in [2.45, 2.75) is 6.92 Å². The Morgan fingerprint density at radius 3 is 2.74 bits per heavy atom. The molecular weight excluding hydrogens is 418 g/mol. The number of nitrogens with one attached hydrogen (secondary N) is 1. The third kappa shape index (κ3) is 3.15. The van der Waals surface area contributed by atoms with E-state index in [0.717, 1.165) is 5.56 Å². The molecule has 0 spiro atoms. The second-order valence-electron chi connectivity index (χ2n) is 7.06. The summed E-state index contributed by atoms with van der Waals surface area (Å²) in [6.07, 6.45) is 0. The van der Waals surface area contributed by atoms with E-state index in [1.54, 1.807) is 22.8 Å². The summed E-state index contributed by atoms with van der Waals surface area (Å²) < 4.78 is 12.5. The van der Waals surface area contributed by atoms with Crippen molar-refractivity contribution < 1.29 is 19.4 Å². The minimum atomic E-state index is -1.24. The van der Waals surface area contributed by atoms with Crippen molar-refractivity contribution in [3.63, 3.8) is 0 Å². The van der Waals surface area contributed by atoms with E-state index in [1.165, 1.54) is 6.07 Å². The molecule has 0 unspecified atom stereocenters. The molecule has 0 bridgehead atoms. The van der Waals surface area contributed by atoms with E-state index in [1.807, 2.05) is 31.2 Å². The molecule has 0 saturated carbocycles. The van der Waals surface area contributed by atoms with Crippen molar-refractivity contribution in [3.05, 3.63) is 74.8 Å². The summed E-state index contributed by atoms with van der Waals surface area (Å²) in [6.45, 7) is 2.04. The fourth-order valence-electron chi connectivity index (χ4n) is 3.61. The molecule has 2 aromatic heterocycles. The van der Waals surface area contributed by atoms with Gasteiger partial charge in [0.05, 0.1) is 22.3 Å². The maximum Gasteiger partial charge on any atom is 0.336 e. The van der Waals surface area contributed by atoms with Gasteiger partial charge in [0.2, 0.25) is 6.79 Å². The van der Waals surface area contributed by atoms with E-state index in [0.29, 0.717) is 28.4 Å². The number of fused-ring (bicyclic) bond motifs is 2. The van der Waals surface area contributed by atoms with Crippen LogP contribution in [0.5, 0.6) is 11.5 Å². The summed E-state index contributed by atoms with van der Waals surface area (Å²) in [5.74, 6) is -0.104. The number of hydrogen-bond acceptors (Lipinski definition) is 6. The van der Waals surface area contributed by atoms with Crippen LogP contribution in [0.1, 0.15) is 15.9 Å². The van der Waals surface area contributed by atoms with Gasteiger partial charge in [-0.2, -0.15) is 0 Å². The van der Waals surface area contributed by atoms with Gasteiger partial charge in [-0.1, -0.05) is 12.1 Å². The minimum absolute atomic E-state index is 0.0490. The largest absolute Gasteiger partial charge is 0.478 e. The third-order valence-electron chi connectivity index (χ3n) is 5.02. The molecule has 5 rings (SSSR count). The number of nitrogens with zero attached hydrogens (tertiary/aromatic N) is 2. The van der Waals surface area contributed by atoms with E-state index in [4.69, 9.17) is 21.7 Å². The molecule has 0 aliphatic carbocycles. The molecule has 31 heavy (non-hydrogen) atoms. The molecule has 0 radical (unpaired) electrons. The molecule has 2 aromatic carbocycles. The molecule has 0 fully saturated rings. The maximum absolute atomic E-state index is 12.7. The van der Waals surface area contributed by atoms with Crippen LogP contribution in [0.25, 0.3) is 28.0 Å². The maximum atomic E-state index is 12.7. The lowest BCUT2D eigenvalue weighted by Gasteiger charge is -2.14. The van der Waals surface area contributed by atoms with Crippen molar-refractivity contribution in [2.75, 3.05) is 6.79 Å². The Hall–Kier alpha value is -3.98. The molecule has 1 aliphatic heterocycles. The lowest BCUT2D eigenvalue weighted by atomic mass is 10.1. The number of carbonyl (C=O) groups is 1. The first-order valence-electron chi connectivity index (χ1n) is 9.33. The fourth-order valence-corrected chi connectivity index (χ4v) is 3.89. The zero-order valence-electron chi connectivity index (χ0n) is 16.2. The minimum Gasteiger partial charge on any atom is -0.478 e. The van der Waals surface area contributed by atoms with Crippen LogP contribution >= 0.6 is 12.2 Å². The normalized spacial score (nSPS) is 12.3. The molecule has 4 aromatic rings. The molecule has 3 heterocycles. The average Bonchev–Trinajstić information content (AvgIpc) is 3.20. The van der Waals surface area contributed by atoms with Crippen molar-refractivity contribution in [1.82, 2.24) is 14.5 Å². The predicted octanol–water partition coefficient (Wildman–Crippen LogP) is 3.85. The van der Waals surface area contributed by atoms with Gasteiger partial charge in [-0.05, 0) is 61.1 Å². The first-order valence-corrected chi connectivity index (χ1v) is 9.73. The summed E-state index contributed by atoms with van der Waals surface area (Å²) in [5.41, 5.74) is 2.01. The Labute approximate surface area is 180 Å². The number of carboxylic acids is 1. The van der Waals surface area contributed by atoms with E-state index in [2.05, 4.69) is 9.97 Å². The number of aromatic carboxylic acids is 1. The zero-order valence-corrected chi connectivity index (χ0v) is 17.0. The lowest BCUT2D eigenvalue weighted by Crippen LogP contribution is -2.18. The fraction of sp³-hybridized carbons (Fsp3) is 0.0909. The number of ether oxygens (including phenoxy) is 2. The van der Waals surface area contributed by atoms with Crippen molar-refractivity contribution in [3.8, 4) is 28.4 Å². The summed E-state index contributed by atoms with van der Waals surface area (Å²) >= 11 is 5.41. The van der Waals surface area contributed by atoms with Crippen molar-refractivity contribution >= 4 is 29.2 Å². The Morgan fingerprint density at radius 1 is 1.16 bits per heavy atom. The van der Waals surface area contributed by atoms with Gasteiger partial charge >= 0.3 is 5.97 Å². The highest BCUT2D eigenvalue weighted by atomic mass is 32.1. The molecule has 154 valence electrons. The molecule has 8 nitrogen and oxygen atoms in total. The molecule has 0 atom stereocenters. The van der Waals surface area contributed by atoms with Gasteiger partial charge in [-0.25, -0.2) is 9.78 Å². The first-order chi connectivity index (χ1) is 14.9. The lowest BCUT2D eigenvalue weighted by molar-refractivity contribution is 0.0699. The highest BCUT2D eigenvalue weighted by Gasteiger charge is 2.21. The van der Waals surface area contributed by atoms with Crippen LogP contribution < -0.4 is 15.0 Å². The highest BCUT2D eigenvalue weighted by molar-refractivity contribution is 7.71. The van der Waals surface area contributed by atoms with Crippen molar-refractivity contribution in [2.24, 2.45) is 0 Å². The Bertz CT molecular complexity index is 1510. The Balaban J connectivity index is 1.88. The van der Waals surface area contributed by atoms with Crippen LogP contribution in [0.4, 0.5) is 0 Å². The van der Waals surface area contributed by atoms with E-state index in [9.17, 15) is 14.7 Å². The van der Waals surface area contributed by atoms with Gasteiger partial charge in [0.1, 0.15) is 0 Å². The average molecular weight is 433 g/mol. The van der Waals surface area contributed by atoms with Gasteiger partial charge in [-0.15, -0.1) is 0 Å². The van der Waals surface area contributed by atoms with Crippen LogP contribution in [0, 0.1) is 11.7 Å². The quantitative estimate of drug-likeness (QED) is 0.473. The first kappa shape index (κ1) is 19.0. The molecule has 9 heteroatoms. The van der Waals surface area contributed by atoms with Gasteiger partial charge in [-0.3, -0.25) is 14.3 Å². The van der Waals surface area contributed by atoms with Gasteiger partial charge in [0.25, 0.3) is 5.56 Å². The highest BCUT2D eigenvalue weighted by Crippen LogP contribution is 2.36. The number of carboxylic acid groups (broad SMARTS) is 1. The van der Waals surface area contributed by atoms with Gasteiger partial charge in [0.15, 0.2) is 21.9 Å². The molecule has 1 aliphatic rings. The van der Waals surface area contributed by atoms with Gasteiger partial charge in [0, 0.05) is 5.56 Å². The third-order valence-corrected chi connectivity index (χ3v) is 5.31. The number of benzene rings is 2. The second-order valence-corrected chi connectivity index (χ2v) is 7.45. The standard InChI is InChI=1S/C22H15N3O5S/c1-11-3-2-4-13(7-11)25-19-18(20(26)24-22(25)31)14(21(27)28)9-15(23-19)12-5-6-16-17(8-12)30-10-29-16/h2-9H,10H2,1H3,(H,27,28)(H,24,26,31). The van der Waals surface area contributed by atoms with E-state index < -0.39 is 11.5 Å². The number of aromatic nitrogens is 3. The topological polar surface area (TPSA) is 106 Å². The van der Waals surface area contributed by atoms with Crippen LogP contribution in [-0.4, -0.2) is 32.4 Å². The van der Waals surface area contributed by atoms with Gasteiger partial charge < -0.3 is 14.6 Å². The summed E-state index contributed by atoms with van der Waals surface area (Å²) in [4.78, 5) is 32.0. The van der Waals surface area contributed by atoms with Crippen LogP contribution in [0.3, 0.4) is 0 Å². The number of aryl methyl sites for hydroxylation is 1. The van der Waals surface area contributed by atoms with Crippen LogP contribution in [0.15, 0.2) is 53.3 Å². The van der Waals surface area contributed by atoms with Crippen molar-refractivity contribution in [1.29, 1.82) is 0 Å². The van der Waals surface area contributed by atoms with Crippen LogP contribution in [-0.2, 0) is 0 Å².